The number of hydrogen-bond acceptors (Lipinski definition) is 3. The van der Waals surface area contributed by atoms with Gasteiger partial charge in [-0.25, -0.2) is 0 Å². The molecule has 0 atom stereocenters. The van der Waals surface area contributed by atoms with E-state index in [1.807, 2.05) is 30.6 Å². The number of para-hydroxylation sites is 1. The first-order valence-electron chi connectivity index (χ1n) is 6.34. The first-order valence-corrected chi connectivity index (χ1v) is 6.34. The molecule has 0 spiro atoms. The van der Waals surface area contributed by atoms with Crippen molar-refractivity contribution in [3.63, 3.8) is 0 Å². The fourth-order valence-corrected chi connectivity index (χ4v) is 2.22. The van der Waals surface area contributed by atoms with E-state index >= 15 is 0 Å². The number of benzene rings is 1. The zero-order chi connectivity index (χ0) is 13.1. The number of anilines is 2. The van der Waals surface area contributed by atoms with Gasteiger partial charge in [0.25, 0.3) is 0 Å². The van der Waals surface area contributed by atoms with Gasteiger partial charge >= 0.3 is 0 Å². The minimum atomic E-state index is 0.619. The molecule has 2 aromatic heterocycles. The van der Waals surface area contributed by atoms with Crippen LogP contribution >= 0.6 is 0 Å². The van der Waals surface area contributed by atoms with E-state index in [4.69, 9.17) is 5.73 Å². The van der Waals surface area contributed by atoms with Crippen LogP contribution in [0.15, 0.2) is 48.9 Å². The van der Waals surface area contributed by atoms with Crippen LogP contribution in [-0.4, -0.2) is 16.5 Å². The third-order valence-electron chi connectivity index (χ3n) is 3.18. The Kier molecular flexibility index (Phi) is 3.16. The third kappa shape index (κ3) is 2.30. The van der Waals surface area contributed by atoms with E-state index < -0.39 is 0 Å². The predicted octanol–water partition coefficient (Wildman–Crippen LogP) is 2.81. The summed E-state index contributed by atoms with van der Waals surface area (Å²) in [6.45, 7) is 0.619. The molecule has 0 fully saturated rings. The number of rotatable bonds is 4. The maximum absolute atomic E-state index is 5.63. The van der Waals surface area contributed by atoms with Crippen molar-refractivity contribution in [2.75, 3.05) is 11.9 Å². The summed E-state index contributed by atoms with van der Waals surface area (Å²) in [4.78, 5) is 7.41. The number of nitrogens with one attached hydrogen (secondary N) is 2. The number of fused-ring (bicyclic) bond motifs is 1. The lowest BCUT2D eigenvalue weighted by atomic mass is 10.1. The molecule has 0 unspecified atom stereocenters. The Labute approximate surface area is 111 Å². The number of pyridine rings is 1. The van der Waals surface area contributed by atoms with Crippen molar-refractivity contribution in [3.05, 3.63) is 54.5 Å². The van der Waals surface area contributed by atoms with Gasteiger partial charge < -0.3 is 16.0 Å². The van der Waals surface area contributed by atoms with Crippen molar-refractivity contribution in [1.29, 1.82) is 0 Å². The highest BCUT2D eigenvalue weighted by molar-refractivity contribution is 5.94. The number of H-pyrrole nitrogens is 1. The summed E-state index contributed by atoms with van der Waals surface area (Å²) in [6, 6.07) is 10.2. The number of aromatic amines is 1. The highest BCUT2D eigenvalue weighted by Gasteiger charge is 2.06. The lowest BCUT2D eigenvalue weighted by Gasteiger charge is -2.10. The minimum absolute atomic E-state index is 0.619. The van der Waals surface area contributed by atoms with Crippen LogP contribution in [0.2, 0.25) is 0 Å². The van der Waals surface area contributed by atoms with Gasteiger partial charge in [-0.05, 0) is 30.7 Å². The monoisotopic (exact) mass is 252 g/mol. The average Bonchev–Trinajstić information content (AvgIpc) is 2.85. The molecule has 3 rings (SSSR count). The Morgan fingerprint density at radius 2 is 2.05 bits per heavy atom. The molecule has 0 radical (unpaired) electrons. The van der Waals surface area contributed by atoms with E-state index in [0.29, 0.717) is 6.54 Å². The van der Waals surface area contributed by atoms with Crippen LogP contribution in [-0.2, 0) is 6.42 Å². The SMILES string of the molecule is NCCc1cnccc1Nc1c[nH]c2ccccc12. The maximum Gasteiger partial charge on any atom is 0.0642 e. The third-order valence-corrected chi connectivity index (χ3v) is 3.18. The van der Waals surface area contributed by atoms with Crippen LogP contribution in [0, 0.1) is 0 Å². The van der Waals surface area contributed by atoms with Gasteiger partial charge in [-0.15, -0.1) is 0 Å². The molecule has 0 saturated heterocycles. The lowest BCUT2D eigenvalue weighted by Crippen LogP contribution is -2.05. The lowest BCUT2D eigenvalue weighted by molar-refractivity contribution is 0.960. The molecule has 0 amide bonds. The first kappa shape index (κ1) is 11.7. The van der Waals surface area contributed by atoms with Crippen molar-refractivity contribution in [3.8, 4) is 0 Å². The van der Waals surface area contributed by atoms with Gasteiger partial charge in [0, 0.05) is 35.2 Å². The average molecular weight is 252 g/mol. The van der Waals surface area contributed by atoms with Gasteiger partial charge in [-0.1, -0.05) is 18.2 Å². The molecule has 4 heteroatoms. The summed E-state index contributed by atoms with van der Waals surface area (Å²) >= 11 is 0. The Balaban J connectivity index is 1.97. The smallest absolute Gasteiger partial charge is 0.0642 e. The molecule has 0 aliphatic carbocycles. The van der Waals surface area contributed by atoms with Crippen LogP contribution < -0.4 is 11.1 Å². The number of nitrogens with zero attached hydrogens (tertiary/aromatic N) is 1. The molecule has 19 heavy (non-hydrogen) atoms. The Hall–Kier alpha value is -2.33. The number of nitrogens with two attached hydrogens (primary N) is 1. The fourth-order valence-electron chi connectivity index (χ4n) is 2.22. The predicted molar refractivity (Wildman–Crippen MR) is 78.6 cm³/mol. The van der Waals surface area contributed by atoms with Crippen LogP contribution in [0.5, 0.6) is 0 Å². The second-order valence-corrected chi connectivity index (χ2v) is 4.44. The summed E-state index contributed by atoms with van der Waals surface area (Å²) in [6.07, 6.45) is 6.46. The Morgan fingerprint density at radius 3 is 2.95 bits per heavy atom. The highest BCUT2D eigenvalue weighted by Crippen LogP contribution is 2.27. The van der Waals surface area contributed by atoms with E-state index in [0.717, 1.165) is 28.9 Å². The molecule has 0 aliphatic rings. The van der Waals surface area contributed by atoms with Gasteiger partial charge in [0.2, 0.25) is 0 Å². The summed E-state index contributed by atoms with van der Waals surface area (Å²) in [5, 5.41) is 4.63. The molecule has 0 aliphatic heterocycles. The van der Waals surface area contributed by atoms with E-state index in [2.05, 4.69) is 27.4 Å². The van der Waals surface area contributed by atoms with E-state index in [9.17, 15) is 0 Å². The minimum Gasteiger partial charge on any atom is -0.359 e. The van der Waals surface area contributed by atoms with Crippen LogP contribution in [0.25, 0.3) is 10.9 Å². The van der Waals surface area contributed by atoms with Gasteiger partial charge in [-0.2, -0.15) is 0 Å². The summed E-state index contributed by atoms with van der Waals surface area (Å²) in [5.74, 6) is 0. The fraction of sp³-hybridized carbons (Fsp3) is 0.133. The van der Waals surface area contributed by atoms with Gasteiger partial charge in [0.05, 0.1) is 5.69 Å². The van der Waals surface area contributed by atoms with Crippen LogP contribution in [0.1, 0.15) is 5.56 Å². The standard InChI is InChI=1S/C15H16N4/c16-7-5-11-9-17-8-6-13(11)19-15-10-18-14-4-2-1-3-12(14)15/h1-4,6,8-10,18H,5,7,16H2,(H,17,19). The van der Waals surface area contributed by atoms with Crippen molar-refractivity contribution < 1.29 is 0 Å². The summed E-state index contributed by atoms with van der Waals surface area (Å²) in [7, 11) is 0. The van der Waals surface area contributed by atoms with Crippen molar-refractivity contribution in [1.82, 2.24) is 9.97 Å². The normalized spacial score (nSPS) is 10.8. The molecule has 0 bridgehead atoms. The van der Waals surface area contributed by atoms with E-state index in [1.165, 1.54) is 5.39 Å². The number of aromatic nitrogens is 2. The topological polar surface area (TPSA) is 66.7 Å². The Morgan fingerprint density at radius 1 is 1.16 bits per heavy atom. The van der Waals surface area contributed by atoms with Gasteiger partial charge in [0.1, 0.15) is 0 Å². The van der Waals surface area contributed by atoms with Crippen molar-refractivity contribution in [2.24, 2.45) is 5.73 Å². The molecule has 3 aromatic rings. The number of hydrogen-bond donors (Lipinski definition) is 3. The molecule has 0 saturated carbocycles. The zero-order valence-electron chi connectivity index (χ0n) is 10.6. The molecule has 96 valence electrons. The molecule has 4 N–H and O–H groups in total. The van der Waals surface area contributed by atoms with Crippen LogP contribution in [0.4, 0.5) is 11.4 Å². The highest BCUT2D eigenvalue weighted by atomic mass is 14.9. The summed E-state index contributed by atoms with van der Waals surface area (Å²) < 4.78 is 0. The quantitative estimate of drug-likeness (QED) is 0.669. The Bertz CT molecular complexity index is 687. The zero-order valence-corrected chi connectivity index (χ0v) is 10.6. The molecular formula is C15H16N4. The van der Waals surface area contributed by atoms with Crippen molar-refractivity contribution >= 4 is 22.3 Å². The molecular weight excluding hydrogens is 236 g/mol. The van der Waals surface area contributed by atoms with E-state index in [1.54, 1.807) is 6.20 Å². The van der Waals surface area contributed by atoms with Crippen LogP contribution in [0.3, 0.4) is 0 Å². The van der Waals surface area contributed by atoms with Gasteiger partial charge in [0.15, 0.2) is 0 Å². The van der Waals surface area contributed by atoms with Gasteiger partial charge in [-0.3, -0.25) is 4.98 Å². The summed E-state index contributed by atoms with van der Waals surface area (Å²) in [5.41, 5.74) is 10.0. The maximum atomic E-state index is 5.63. The second kappa shape index (κ2) is 5.12. The van der Waals surface area contributed by atoms with E-state index in [-0.39, 0.29) is 0 Å². The second-order valence-electron chi connectivity index (χ2n) is 4.44. The molecule has 4 nitrogen and oxygen atoms in total. The molecule has 1 aromatic carbocycles. The molecule has 2 heterocycles. The first-order chi connectivity index (χ1) is 9.38. The largest absolute Gasteiger partial charge is 0.359 e. The van der Waals surface area contributed by atoms with Crippen molar-refractivity contribution in [2.45, 2.75) is 6.42 Å².